The first-order valence-corrected chi connectivity index (χ1v) is 6.12. The molecule has 1 aromatic carbocycles. The number of nitrogens with one attached hydrogen (secondary N) is 1. The summed E-state index contributed by atoms with van der Waals surface area (Å²) in [6.07, 6.45) is 1.19. The molecule has 5 nitrogen and oxygen atoms in total. The van der Waals surface area contributed by atoms with Gasteiger partial charge in [-0.05, 0) is 24.3 Å². The summed E-state index contributed by atoms with van der Waals surface area (Å²) in [5, 5.41) is 20.9. The second-order valence-corrected chi connectivity index (χ2v) is 4.61. The highest BCUT2D eigenvalue weighted by Gasteiger charge is 2.10. The molecule has 100 valence electrons. The van der Waals surface area contributed by atoms with Gasteiger partial charge in [0, 0.05) is 6.20 Å². The SMILES string of the molecule is N#Cc1ccc(Nc2ncc(C(=O)O)cc2Cl)c(Cl)c1. The molecule has 0 spiro atoms. The number of aromatic nitrogens is 1. The smallest absolute Gasteiger partial charge is 0.337 e. The number of carboxylic acid groups (broad SMARTS) is 1. The number of pyridine rings is 1. The summed E-state index contributed by atoms with van der Waals surface area (Å²) >= 11 is 12.0. The first-order valence-electron chi connectivity index (χ1n) is 5.37. The van der Waals surface area contributed by atoms with Gasteiger partial charge in [0.15, 0.2) is 0 Å². The molecule has 0 saturated carbocycles. The molecule has 0 aliphatic carbocycles. The Morgan fingerprint density at radius 2 is 2.05 bits per heavy atom. The van der Waals surface area contributed by atoms with Crippen LogP contribution in [0.5, 0.6) is 0 Å². The number of nitriles is 1. The molecular formula is C13H7Cl2N3O2. The zero-order valence-corrected chi connectivity index (χ0v) is 11.4. The minimum atomic E-state index is -1.11. The fourth-order valence-electron chi connectivity index (χ4n) is 1.46. The molecule has 0 bridgehead atoms. The topological polar surface area (TPSA) is 86.0 Å². The van der Waals surface area contributed by atoms with E-state index in [9.17, 15) is 4.79 Å². The number of hydrogen-bond donors (Lipinski definition) is 2. The minimum absolute atomic E-state index is 0.00789. The van der Waals surface area contributed by atoms with Gasteiger partial charge in [0.2, 0.25) is 0 Å². The third-order valence-corrected chi connectivity index (χ3v) is 3.04. The Balaban J connectivity index is 2.31. The van der Waals surface area contributed by atoms with E-state index in [0.717, 1.165) is 0 Å². The van der Waals surface area contributed by atoms with Crippen molar-refractivity contribution >= 4 is 40.7 Å². The average Bonchev–Trinajstić information content (AvgIpc) is 2.42. The first-order chi connectivity index (χ1) is 9.51. The van der Waals surface area contributed by atoms with Gasteiger partial charge in [-0.2, -0.15) is 5.26 Å². The fraction of sp³-hybridized carbons (Fsp3) is 0. The van der Waals surface area contributed by atoms with Gasteiger partial charge in [-0.15, -0.1) is 0 Å². The predicted octanol–water partition coefficient (Wildman–Crippen LogP) is 3.70. The summed E-state index contributed by atoms with van der Waals surface area (Å²) in [5.41, 5.74) is 0.940. The van der Waals surface area contributed by atoms with Crippen LogP contribution in [0.1, 0.15) is 15.9 Å². The van der Waals surface area contributed by atoms with E-state index in [1.807, 2.05) is 6.07 Å². The van der Waals surface area contributed by atoms with E-state index in [1.165, 1.54) is 18.3 Å². The van der Waals surface area contributed by atoms with Crippen molar-refractivity contribution in [1.29, 1.82) is 5.26 Å². The monoisotopic (exact) mass is 307 g/mol. The van der Waals surface area contributed by atoms with Crippen molar-refractivity contribution in [2.45, 2.75) is 0 Å². The summed E-state index contributed by atoms with van der Waals surface area (Å²) in [6, 6.07) is 7.97. The zero-order chi connectivity index (χ0) is 14.7. The van der Waals surface area contributed by atoms with Crippen molar-refractivity contribution in [3.8, 4) is 6.07 Å². The highest BCUT2D eigenvalue weighted by atomic mass is 35.5. The molecule has 1 heterocycles. The van der Waals surface area contributed by atoms with E-state index < -0.39 is 5.97 Å². The van der Waals surface area contributed by atoms with Gasteiger partial charge in [0.1, 0.15) is 5.82 Å². The standard InChI is InChI=1S/C13H7Cl2N3O2/c14-9-3-7(5-16)1-2-11(9)18-12-10(15)4-8(6-17-12)13(19)20/h1-4,6H,(H,17,18)(H,19,20). The van der Waals surface area contributed by atoms with Crippen LogP contribution in [-0.4, -0.2) is 16.1 Å². The quantitative estimate of drug-likeness (QED) is 0.903. The Kier molecular flexibility index (Phi) is 4.08. The summed E-state index contributed by atoms with van der Waals surface area (Å²) in [7, 11) is 0. The Hall–Kier alpha value is -2.29. The normalized spacial score (nSPS) is 9.85. The molecule has 0 fully saturated rings. The number of anilines is 2. The molecule has 2 rings (SSSR count). The molecular weight excluding hydrogens is 301 g/mol. The third-order valence-electron chi connectivity index (χ3n) is 2.44. The number of halogens is 2. The molecule has 0 unspecified atom stereocenters. The lowest BCUT2D eigenvalue weighted by atomic mass is 10.2. The molecule has 0 aliphatic rings. The van der Waals surface area contributed by atoms with Crippen LogP contribution in [0.4, 0.5) is 11.5 Å². The maximum absolute atomic E-state index is 10.8. The third kappa shape index (κ3) is 2.99. The minimum Gasteiger partial charge on any atom is -0.478 e. The first kappa shape index (κ1) is 14.1. The average molecular weight is 308 g/mol. The van der Waals surface area contributed by atoms with Gasteiger partial charge >= 0.3 is 5.97 Å². The summed E-state index contributed by atoms with van der Waals surface area (Å²) in [5.74, 6) is -0.828. The van der Waals surface area contributed by atoms with E-state index in [0.29, 0.717) is 16.3 Å². The summed E-state index contributed by atoms with van der Waals surface area (Å²) < 4.78 is 0. The summed E-state index contributed by atoms with van der Waals surface area (Å²) in [6.45, 7) is 0. The van der Waals surface area contributed by atoms with Crippen molar-refractivity contribution in [3.63, 3.8) is 0 Å². The molecule has 2 N–H and O–H groups in total. The van der Waals surface area contributed by atoms with Crippen LogP contribution < -0.4 is 5.32 Å². The summed E-state index contributed by atoms with van der Waals surface area (Å²) in [4.78, 5) is 14.7. The molecule has 0 radical (unpaired) electrons. The van der Waals surface area contributed by atoms with E-state index in [1.54, 1.807) is 12.1 Å². The maximum atomic E-state index is 10.8. The highest BCUT2D eigenvalue weighted by Crippen LogP contribution is 2.29. The van der Waals surface area contributed by atoms with Crippen LogP contribution in [0.3, 0.4) is 0 Å². The van der Waals surface area contributed by atoms with Gasteiger partial charge in [0.05, 0.1) is 32.9 Å². The largest absolute Gasteiger partial charge is 0.478 e. The highest BCUT2D eigenvalue weighted by molar-refractivity contribution is 6.34. The number of nitrogens with zero attached hydrogens (tertiary/aromatic N) is 2. The Bertz CT molecular complexity index is 726. The van der Waals surface area contributed by atoms with E-state index in [-0.39, 0.29) is 16.4 Å². The molecule has 0 aliphatic heterocycles. The second-order valence-electron chi connectivity index (χ2n) is 3.79. The van der Waals surface area contributed by atoms with E-state index in [2.05, 4.69) is 10.3 Å². The molecule has 0 amide bonds. The van der Waals surface area contributed by atoms with Gasteiger partial charge < -0.3 is 10.4 Å². The van der Waals surface area contributed by atoms with Crippen LogP contribution in [0, 0.1) is 11.3 Å². The molecule has 20 heavy (non-hydrogen) atoms. The Morgan fingerprint density at radius 3 is 2.60 bits per heavy atom. The molecule has 0 atom stereocenters. The second kappa shape index (κ2) is 5.78. The van der Waals surface area contributed by atoms with Crippen LogP contribution in [0.25, 0.3) is 0 Å². The number of benzene rings is 1. The number of hydrogen-bond acceptors (Lipinski definition) is 4. The molecule has 2 aromatic rings. The van der Waals surface area contributed by atoms with Crippen molar-refractivity contribution < 1.29 is 9.90 Å². The van der Waals surface area contributed by atoms with Crippen LogP contribution >= 0.6 is 23.2 Å². The lowest BCUT2D eigenvalue weighted by Crippen LogP contribution is -2.01. The van der Waals surface area contributed by atoms with Crippen molar-refractivity contribution in [2.75, 3.05) is 5.32 Å². The van der Waals surface area contributed by atoms with E-state index >= 15 is 0 Å². The molecule has 1 aromatic heterocycles. The lowest BCUT2D eigenvalue weighted by Gasteiger charge is -2.09. The molecule has 7 heteroatoms. The number of aromatic carboxylic acids is 1. The van der Waals surface area contributed by atoms with E-state index in [4.69, 9.17) is 33.6 Å². The van der Waals surface area contributed by atoms with Gasteiger partial charge in [0.25, 0.3) is 0 Å². The maximum Gasteiger partial charge on any atom is 0.337 e. The van der Waals surface area contributed by atoms with Gasteiger partial charge in [-0.1, -0.05) is 23.2 Å². The predicted molar refractivity (Wildman–Crippen MR) is 75.7 cm³/mol. The lowest BCUT2D eigenvalue weighted by molar-refractivity contribution is 0.0696. The van der Waals surface area contributed by atoms with Crippen LogP contribution in [0.15, 0.2) is 30.5 Å². The number of rotatable bonds is 3. The van der Waals surface area contributed by atoms with Crippen molar-refractivity contribution in [3.05, 3.63) is 51.6 Å². The van der Waals surface area contributed by atoms with Gasteiger partial charge in [-0.3, -0.25) is 0 Å². The fourth-order valence-corrected chi connectivity index (χ4v) is 1.90. The zero-order valence-electron chi connectivity index (χ0n) is 9.89. The van der Waals surface area contributed by atoms with Crippen LogP contribution in [-0.2, 0) is 0 Å². The molecule has 0 saturated heterocycles. The number of carbonyl (C=O) groups is 1. The Morgan fingerprint density at radius 1 is 1.30 bits per heavy atom. The van der Waals surface area contributed by atoms with Crippen molar-refractivity contribution in [2.24, 2.45) is 0 Å². The number of carboxylic acids is 1. The Labute approximate surface area is 124 Å². The van der Waals surface area contributed by atoms with Crippen LogP contribution in [0.2, 0.25) is 10.0 Å². The van der Waals surface area contributed by atoms with Gasteiger partial charge in [-0.25, -0.2) is 9.78 Å². The van der Waals surface area contributed by atoms with Crippen molar-refractivity contribution in [1.82, 2.24) is 4.98 Å².